The van der Waals surface area contributed by atoms with Gasteiger partial charge in [-0.1, -0.05) is 12.1 Å². The molecule has 0 saturated carbocycles. The summed E-state index contributed by atoms with van der Waals surface area (Å²) in [6, 6.07) is 20.3. The highest BCUT2D eigenvalue weighted by molar-refractivity contribution is 7.15. The molecule has 5 rings (SSSR count). The summed E-state index contributed by atoms with van der Waals surface area (Å²) in [6.07, 6.45) is 1.81. The quantitative estimate of drug-likeness (QED) is 0.516. The number of thiophene rings is 1. The number of pyridine rings is 2. The topological polar surface area (TPSA) is 70.3 Å². The molecule has 5 nitrogen and oxygen atoms in total. The highest BCUT2D eigenvalue weighted by Gasteiger charge is 2.11. The maximum Gasteiger partial charge on any atom is 0.173 e. The van der Waals surface area contributed by atoms with Gasteiger partial charge in [-0.2, -0.15) is 5.26 Å². The number of hydrogen-bond donors (Lipinski definition) is 1. The third kappa shape index (κ3) is 2.46. The van der Waals surface area contributed by atoms with Crippen molar-refractivity contribution in [1.82, 2.24) is 19.7 Å². The molecule has 1 aromatic carbocycles. The minimum Gasteiger partial charge on any atom is -0.293 e. The van der Waals surface area contributed by atoms with Crippen molar-refractivity contribution >= 4 is 33.4 Å². The molecule has 4 aromatic heterocycles. The SMILES string of the molecule is N#Cc1ccc(-c2ccc3[nH]n(Cc4ccc5ncccc5c4)c3n2)s1. The molecule has 0 amide bonds. The molecule has 0 aliphatic rings. The molecule has 0 aliphatic carbocycles. The Labute approximate surface area is 153 Å². The Kier molecular flexibility index (Phi) is 3.33. The fraction of sp³-hybridized carbons (Fsp3) is 0.0500. The Hall–Kier alpha value is -3.43. The van der Waals surface area contributed by atoms with Gasteiger partial charge >= 0.3 is 0 Å². The van der Waals surface area contributed by atoms with Crippen molar-refractivity contribution in [1.29, 1.82) is 5.26 Å². The second-order valence-electron chi connectivity index (χ2n) is 6.07. The van der Waals surface area contributed by atoms with Gasteiger partial charge in [0, 0.05) is 11.6 Å². The van der Waals surface area contributed by atoms with Gasteiger partial charge in [0.2, 0.25) is 0 Å². The third-order valence-corrected chi connectivity index (χ3v) is 5.38. The van der Waals surface area contributed by atoms with Crippen molar-refractivity contribution in [2.45, 2.75) is 6.54 Å². The number of aromatic nitrogens is 4. The predicted octanol–water partition coefficient (Wildman–Crippen LogP) is 4.56. The van der Waals surface area contributed by atoms with Crippen molar-refractivity contribution < 1.29 is 0 Å². The van der Waals surface area contributed by atoms with E-state index >= 15 is 0 Å². The summed E-state index contributed by atoms with van der Waals surface area (Å²) in [5.74, 6) is 0. The summed E-state index contributed by atoms with van der Waals surface area (Å²) in [5, 5.41) is 13.5. The lowest BCUT2D eigenvalue weighted by Crippen LogP contribution is -2.13. The monoisotopic (exact) mass is 355 g/mol. The van der Waals surface area contributed by atoms with Crippen LogP contribution in [0, 0.1) is 11.3 Å². The van der Waals surface area contributed by atoms with Crippen LogP contribution in [-0.4, -0.2) is 19.7 Å². The Morgan fingerprint density at radius 2 is 2.08 bits per heavy atom. The van der Waals surface area contributed by atoms with Gasteiger partial charge in [-0.15, -0.1) is 11.3 Å². The molecule has 0 bridgehead atoms. The minimum absolute atomic E-state index is 0.698. The number of aromatic amines is 1. The summed E-state index contributed by atoms with van der Waals surface area (Å²) < 4.78 is 2.04. The van der Waals surface area contributed by atoms with Crippen LogP contribution in [0.25, 0.3) is 32.6 Å². The first-order chi connectivity index (χ1) is 12.8. The van der Waals surface area contributed by atoms with Gasteiger partial charge < -0.3 is 0 Å². The fourth-order valence-electron chi connectivity index (χ4n) is 3.08. The van der Waals surface area contributed by atoms with Crippen LogP contribution in [0.15, 0.2) is 60.8 Å². The van der Waals surface area contributed by atoms with Crippen molar-refractivity contribution in [3.05, 3.63) is 71.2 Å². The molecule has 6 heteroatoms. The highest BCUT2D eigenvalue weighted by Crippen LogP contribution is 2.28. The first kappa shape index (κ1) is 14.9. The number of nitrogens with zero attached hydrogens (tertiary/aromatic N) is 4. The number of H-pyrrole nitrogens is 1. The summed E-state index contributed by atoms with van der Waals surface area (Å²) in [7, 11) is 0. The Bertz CT molecular complexity index is 1280. The molecule has 124 valence electrons. The molecule has 5 aromatic rings. The molecular formula is C20H13N5S. The normalized spacial score (nSPS) is 11.2. The molecule has 0 fully saturated rings. The van der Waals surface area contributed by atoms with E-state index in [1.807, 2.05) is 47.3 Å². The van der Waals surface area contributed by atoms with E-state index in [4.69, 9.17) is 10.2 Å². The van der Waals surface area contributed by atoms with Crippen LogP contribution < -0.4 is 0 Å². The smallest absolute Gasteiger partial charge is 0.173 e. The van der Waals surface area contributed by atoms with Crippen LogP contribution in [0.5, 0.6) is 0 Å². The van der Waals surface area contributed by atoms with Gasteiger partial charge in [0.05, 0.1) is 28.1 Å². The largest absolute Gasteiger partial charge is 0.293 e. The zero-order chi connectivity index (χ0) is 17.5. The van der Waals surface area contributed by atoms with E-state index in [0.717, 1.165) is 39.2 Å². The van der Waals surface area contributed by atoms with E-state index in [1.165, 1.54) is 16.9 Å². The number of hydrogen-bond acceptors (Lipinski definition) is 4. The number of fused-ring (bicyclic) bond motifs is 2. The van der Waals surface area contributed by atoms with E-state index in [1.54, 1.807) is 0 Å². The lowest BCUT2D eigenvalue weighted by molar-refractivity contribution is 0.674. The molecule has 0 unspecified atom stereocenters. The highest BCUT2D eigenvalue weighted by atomic mass is 32.1. The summed E-state index contributed by atoms with van der Waals surface area (Å²) >= 11 is 1.46. The van der Waals surface area contributed by atoms with E-state index < -0.39 is 0 Å². The van der Waals surface area contributed by atoms with Crippen molar-refractivity contribution in [3.8, 4) is 16.6 Å². The van der Waals surface area contributed by atoms with Crippen molar-refractivity contribution in [2.75, 3.05) is 0 Å². The van der Waals surface area contributed by atoms with Crippen LogP contribution in [0.2, 0.25) is 0 Å². The number of rotatable bonds is 3. The maximum atomic E-state index is 9.01. The number of benzene rings is 1. The molecule has 26 heavy (non-hydrogen) atoms. The predicted molar refractivity (Wildman–Crippen MR) is 103 cm³/mol. The zero-order valence-corrected chi connectivity index (χ0v) is 14.5. The standard InChI is InChI=1S/C20H13N5S/c21-11-15-4-8-19(26-15)17-6-7-18-20(23-17)25(24-18)12-13-3-5-16-14(10-13)2-1-9-22-16/h1-10,24H,12H2. The van der Waals surface area contributed by atoms with E-state index in [2.05, 4.69) is 34.4 Å². The van der Waals surface area contributed by atoms with Gasteiger partial charge in [-0.05, 0) is 48.0 Å². The maximum absolute atomic E-state index is 9.01. The summed E-state index contributed by atoms with van der Waals surface area (Å²) in [5.41, 5.74) is 5.04. The molecular weight excluding hydrogens is 342 g/mol. The fourth-order valence-corrected chi connectivity index (χ4v) is 3.85. The van der Waals surface area contributed by atoms with E-state index in [0.29, 0.717) is 4.88 Å². The Morgan fingerprint density at radius 1 is 1.12 bits per heavy atom. The van der Waals surface area contributed by atoms with Gasteiger partial charge in [0.15, 0.2) is 5.65 Å². The molecule has 0 aliphatic heterocycles. The molecule has 0 saturated heterocycles. The van der Waals surface area contributed by atoms with Crippen LogP contribution in [0.4, 0.5) is 0 Å². The Morgan fingerprint density at radius 3 is 2.96 bits per heavy atom. The third-order valence-electron chi connectivity index (χ3n) is 4.36. The number of nitriles is 1. The lowest BCUT2D eigenvalue weighted by Gasteiger charge is -2.16. The molecule has 4 heterocycles. The van der Waals surface area contributed by atoms with Crippen LogP contribution >= 0.6 is 11.3 Å². The van der Waals surface area contributed by atoms with E-state index in [9.17, 15) is 0 Å². The minimum atomic E-state index is 0.698. The Balaban J connectivity index is 1.49. The first-order valence-corrected chi connectivity index (χ1v) is 9.01. The lowest BCUT2D eigenvalue weighted by atomic mass is 10.1. The van der Waals surface area contributed by atoms with Crippen LogP contribution in [-0.2, 0) is 6.54 Å². The average molecular weight is 355 g/mol. The van der Waals surface area contributed by atoms with Crippen molar-refractivity contribution in [2.24, 2.45) is 0 Å². The molecule has 1 N–H and O–H groups in total. The van der Waals surface area contributed by atoms with Gasteiger partial charge in [-0.3, -0.25) is 14.8 Å². The van der Waals surface area contributed by atoms with Gasteiger partial charge in [0.25, 0.3) is 0 Å². The van der Waals surface area contributed by atoms with Crippen molar-refractivity contribution in [3.63, 3.8) is 0 Å². The van der Waals surface area contributed by atoms with Crippen LogP contribution in [0.3, 0.4) is 0 Å². The second kappa shape index (κ2) is 5.83. The molecule has 0 radical (unpaired) electrons. The van der Waals surface area contributed by atoms with Crippen LogP contribution in [0.1, 0.15) is 10.4 Å². The van der Waals surface area contributed by atoms with Gasteiger partial charge in [-0.25, -0.2) is 4.98 Å². The average Bonchev–Trinajstić information content (AvgIpc) is 3.15. The molecule has 0 spiro atoms. The zero-order valence-electron chi connectivity index (χ0n) is 13.7. The second-order valence-corrected chi connectivity index (χ2v) is 7.16. The summed E-state index contributed by atoms with van der Waals surface area (Å²) in [6.45, 7) is 0.724. The number of nitrogens with one attached hydrogen (secondary N) is 1. The summed E-state index contributed by atoms with van der Waals surface area (Å²) in [4.78, 5) is 10.8. The van der Waals surface area contributed by atoms with E-state index in [-0.39, 0.29) is 0 Å². The first-order valence-electron chi connectivity index (χ1n) is 8.19. The molecule has 0 atom stereocenters. The van der Waals surface area contributed by atoms with Gasteiger partial charge in [0.1, 0.15) is 10.9 Å².